The molecule has 0 spiro atoms. The Morgan fingerprint density at radius 3 is 2.74 bits per heavy atom. The summed E-state index contributed by atoms with van der Waals surface area (Å²) in [6.07, 6.45) is 2.11. The summed E-state index contributed by atoms with van der Waals surface area (Å²) in [5, 5.41) is 2.15. The van der Waals surface area contributed by atoms with Gasteiger partial charge in [-0.15, -0.1) is 24.8 Å². The second-order valence-corrected chi connectivity index (χ2v) is 11.2. The molecule has 0 aliphatic carbocycles. The lowest BCUT2D eigenvalue weighted by Gasteiger charge is -2.19. The van der Waals surface area contributed by atoms with Crippen molar-refractivity contribution in [2.24, 2.45) is 4.99 Å². The average molecular weight is 543 g/mol. The minimum atomic E-state index is -3.79. The molecule has 0 saturated carbocycles. The molecule has 8 nitrogen and oxygen atoms in total. The quantitative estimate of drug-likeness (QED) is 0.513. The number of para-hydroxylation sites is 1. The number of hydrogen-bond acceptors (Lipinski definition) is 7. The number of nitrogens with one attached hydrogen (secondary N) is 1. The number of hydrogen-bond donors (Lipinski definition) is 1. The first kappa shape index (κ1) is 26.5. The summed E-state index contributed by atoms with van der Waals surface area (Å²) in [5.74, 6) is 0.307. The Labute approximate surface area is 215 Å². The number of fused-ring (bicyclic) bond motifs is 1. The van der Waals surface area contributed by atoms with Crippen molar-refractivity contribution in [3.05, 3.63) is 54.4 Å². The second-order valence-electron chi connectivity index (χ2n) is 7.97. The van der Waals surface area contributed by atoms with Crippen molar-refractivity contribution >= 4 is 74.0 Å². The van der Waals surface area contributed by atoms with Crippen molar-refractivity contribution in [3.63, 3.8) is 0 Å². The van der Waals surface area contributed by atoms with Crippen molar-refractivity contribution in [2.75, 3.05) is 37.5 Å². The van der Waals surface area contributed by atoms with Crippen LogP contribution in [0.3, 0.4) is 0 Å². The smallest absolute Gasteiger partial charge is 0.281 e. The van der Waals surface area contributed by atoms with E-state index >= 15 is 0 Å². The Morgan fingerprint density at radius 1 is 1.21 bits per heavy atom. The van der Waals surface area contributed by atoms with Crippen LogP contribution < -0.4 is 4.31 Å². The van der Waals surface area contributed by atoms with Gasteiger partial charge in [-0.1, -0.05) is 30.0 Å². The number of ketones is 1. The number of H-pyrrole nitrogens is 1. The van der Waals surface area contributed by atoms with E-state index in [9.17, 15) is 13.2 Å². The first-order valence-corrected chi connectivity index (χ1v) is 12.7. The van der Waals surface area contributed by atoms with E-state index in [0.29, 0.717) is 36.2 Å². The number of aliphatic imine (C=N–C) groups is 1. The summed E-state index contributed by atoms with van der Waals surface area (Å²) < 4.78 is 27.4. The molecule has 1 unspecified atom stereocenters. The number of carbonyl (C=O) groups excluding carboxylic acids is 1. The highest BCUT2D eigenvalue weighted by atomic mass is 35.5. The van der Waals surface area contributed by atoms with Gasteiger partial charge in [-0.05, 0) is 24.3 Å². The zero-order valence-corrected chi connectivity index (χ0v) is 21.6. The number of thioether (sulfide) groups is 1. The van der Waals surface area contributed by atoms with Crippen molar-refractivity contribution in [3.8, 4) is 0 Å². The maximum Gasteiger partial charge on any atom is 0.281 e. The molecular formula is C22H25Cl2N5O3S2. The van der Waals surface area contributed by atoms with E-state index in [-0.39, 0.29) is 29.8 Å². The molecule has 0 bridgehead atoms. The molecule has 1 fully saturated rings. The monoisotopic (exact) mass is 541 g/mol. The number of Topliss-reactive ketones (excluding diaryl/α,β-unsaturated/α-hetero) is 1. The highest BCUT2D eigenvalue weighted by Crippen LogP contribution is 2.33. The third-order valence-electron chi connectivity index (χ3n) is 5.75. The van der Waals surface area contributed by atoms with Gasteiger partial charge in [0, 0.05) is 43.4 Å². The molecule has 0 amide bonds. The van der Waals surface area contributed by atoms with Crippen molar-refractivity contribution in [2.45, 2.75) is 16.7 Å². The van der Waals surface area contributed by atoms with Gasteiger partial charge in [0.25, 0.3) is 10.0 Å². The number of aromatic amines is 1. The van der Waals surface area contributed by atoms with E-state index in [1.807, 2.05) is 18.2 Å². The van der Waals surface area contributed by atoms with Crippen molar-refractivity contribution in [1.29, 1.82) is 0 Å². The van der Waals surface area contributed by atoms with Gasteiger partial charge < -0.3 is 4.98 Å². The summed E-state index contributed by atoms with van der Waals surface area (Å²) in [6.45, 7) is 2.93. The van der Waals surface area contributed by atoms with Crippen molar-refractivity contribution < 1.29 is 13.2 Å². The third kappa shape index (κ3) is 5.11. The van der Waals surface area contributed by atoms with Gasteiger partial charge in [-0.25, -0.2) is 4.98 Å². The molecule has 2 aromatic heterocycles. The van der Waals surface area contributed by atoms with Crippen LogP contribution in [0.4, 0.5) is 5.69 Å². The number of halogens is 2. The lowest BCUT2D eigenvalue weighted by Crippen LogP contribution is -2.29. The van der Waals surface area contributed by atoms with Gasteiger partial charge in [-0.2, -0.15) is 8.42 Å². The van der Waals surface area contributed by atoms with Gasteiger partial charge in [-0.3, -0.25) is 19.0 Å². The number of benzene rings is 1. The minimum Gasteiger partial charge on any atom is -0.351 e. The molecule has 34 heavy (non-hydrogen) atoms. The van der Waals surface area contributed by atoms with Crippen LogP contribution in [-0.4, -0.2) is 72.6 Å². The molecule has 1 aromatic carbocycles. The van der Waals surface area contributed by atoms with Crippen LogP contribution >= 0.6 is 36.6 Å². The van der Waals surface area contributed by atoms with Crippen LogP contribution in [0.5, 0.6) is 0 Å². The second kappa shape index (κ2) is 10.7. The molecule has 5 rings (SSSR count). The topological polar surface area (TPSA) is 98.7 Å². The number of likely N-dealkylation sites (tertiary alicyclic amines) is 1. The first-order valence-electron chi connectivity index (χ1n) is 10.4. The summed E-state index contributed by atoms with van der Waals surface area (Å²) in [4.78, 5) is 25.8. The molecule has 1 atom stereocenters. The minimum absolute atomic E-state index is 0. The van der Waals surface area contributed by atoms with Crippen molar-refractivity contribution in [1.82, 2.24) is 14.9 Å². The third-order valence-corrected chi connectivity index (χ3v) is 8.64. The number of rotatable bonds is 6. The van der Waals surface area contributed by atoms with Gasteiger partial charge in [0.2, 0.25) is 0 Å². The summed E-state index contributed by atoms with van der Waals surface area (Å²) in [6, 6.07) is 12.4. The fraction of sp³-hybridized carbons (Fsp3) is 0.318. The van der Waals surface area contributed by atoms with Crippen LogP contribution in [0.25, 0.3) is 10.9 Å². The SMILES string of the molecule is CN(c1cccc2cc(C3=NCC(CN4CCC(=O)C4)S3)[nH]c12)S(=O)(=O)c1ccccn1.Cl.Cl. The van der Waals surface area contributed by atoms with E-state index in [4.69, 9.17) is 4.99 Å². The summed E-state index contributed by atoms with van der Waals surface area (Å²) in [5.41, 5.74) is 2.16. The fourth-order valence-electron chi connectivity index (χ4n) is 4.08. The Kier molecular flexibility index (Phi) is 8.30. The van der Waals surface area contributed by atoms with Crippen LogP contribution in [0, 0.1) is 0 Å². The molecule has 0 radical (unpaired) electrons. The van der Waals surface area contributed by atoms with Gasteiger partial charge in [0.05, 0.1) is 30.0 Å². The van der Waals surface area contributed by atoms with E-state index in [1.165, 1.54) is 23.6 Å². The molecule has 4 heterocycles. The summed E-state index contributed by atoms with van der Waals surface area (Å²) in [7, 11) is -2.25. The number of sulfonamides is 1. The number of pyridine rings is 1. The number of nitrogens with zero attached hydrogens (tertiary/aromatic N) is 4. The van der Waals surface area contributed by atoms with Crippen LogP contribution in [0.2, 0.25) is 0 Å². The molecule has 1 N–H and O–H groups in total. The fourth-order valence-corrected chi connectivity index (χ4v) is 6.35. The van der Waals surface area contributed by atoms with Crippen LogP contribution in [0.15, 0.2) is 58.7 Å². The lowest BCUT2D eigenvalue weighted by molar-refractivity contribution is -0.116. The van der Waals surface area contributed by atoms with Gasteiger partial charge in [0.15, 0.2) is 5.03 Å². The molecule has 1 saturated heterocycles. The van der Waals surface area contributed by atoms with Crippen LogP contribution in [-0.2, 0) is 14.8 Å². The molecule has 2 aliphatic rings. The lowest BCUT2D eigenvalue weighted by atomic mass is 10.2. The Morgan fingerprint density at radius 2 is 2.03 bits per heavy atom. The van der Waals surface area contributed by atoms with Gasteiger partial charge in [0.1, 0.15) is 10.8 Å². The number of anilines is 1. The predicted octanol–water partition coefficient (Wildman–Crippen LogP) is 3.37. The first-order chi connectivity index (χ1) is 15.4. The molecule has 3 aromatic rings. The van der Waals surface area contributed by atoms with Gasteiger partial charge >= 0.3 is 0 Å². The zero-order chi connectivity index (χ0) is 22.3. The molecule has 2 aliphatic heterocycles. The molecule has 12 heteroatoms. The van der Waals surface area contributed by atoms with E-state index in [1.54, 1.807) is 30.0 Å². The molecular weight excluding hydrogens is 517 g/mol. The molecule has 182 valence electrons. The average Bonchev–Trinajstić information content (AvgIpc) is 3.53. The summed E-state index contributed by atoms with van der Waals surface area (Å²) >= 11 is 1.71. The standard InChI is InChI=1S/C22H23N5O3S2.2ClH/c1-26(32(29,30)20-7-2-3-9-23-20)19-6-4-5-15-11-18(25-21(15)19)22-24-12-17(31-22)14-27-10-8-16(28)13-27;;/h2-7,9,11,17,25H,8,10,12-14H2,1H3;2*1H. The zero-order valence-electron chi connectivity index (χ0n) is 18.4. The largest absolute Gasteiger partial charge is 0.351 e. The maximum absolute atomic E-state index is 13.1. The normalized spacial score (nSPS) is 18.4. The Hall–Kier alpha value is -2.11. The number of carbonyl (C=O) groups is 1. The Bertz CT molecular complexity index is 1310. The van der Waals surface area contributed by atoms with E-state index < -0.39 is 10.0 Å². The highest BCUT2D eigenvalue weighted by Gasteiger charge is 2.28. The number of aromatic nitrogens is 2. The Balaban J connectivity index is 0.00000162. The maximum atomic E-state index is 13.1. The predicted molar refractivity (Wildman–Crippen MR) is 141 cm³/mol. The highest BCUT2D eigenvalue weighted by molar-refractivity contribution is 8.15. The van der Waals surface area contributed by atoms with E-state index in [0.717, 1.165) is 34.7 Å². The van der Waals surface area contributed by atoms with E-state index in [2.05, 4.69) is 14.9 Å². The van der Waals surface area contributed by atoms with Crippen LogP contribution in [0.1, 0.15) is 12.1 Å².